The molecule has 0 atom stereocenters. The number of alkyl halides is 3. The third kappa shape index (κ3) is 5.35. The summed E-state index contributed by atoms with van der Waals surface area (Å²) in [6.07, 6.45) is -2.10. The molecule has 0 unspecified atom stereocenters. The van der Waals surface area contributed by atoms with E-state index in [4.69, 9.17) is 4.98 Å². The van der Waals surface area contributed by atoms with Gasteiger partial charge in [0.05, 0.1) is 11.8 Å². The summed E-state index contributed by atoms with van der Waals surface area (Å²) in [6.45, 7) is 9.98. The molecule has 5 rings (SSSR count). The van der Waals surface area contributed by atoms with Gasteiger partial charge in [0.15, 0.2) is 5.65 Å². The third-order valence-corrected chi connectivity index (χ3v) is 7.57. The molecular formula is C30H32F3N5O. The Morgan fingerprint density at radius 1 is 1.00 bits per heavy atom. The Bertz CT molecular complexity index is 1500. The Hall–Kier alpha value is -3.88. The van der Waals surface area contributed by atoms with Crippen LogP contribution in [-0.4, -0.2) is 51.6 Å². The first-order valence-electron chi connectivity index (χ1n) is 13.2. The lowest BCUT2D eigenvalue weighted by Gasteiger charge is -2.36. The van der Waals surface area contributed by atoms with Gasteiger partial charge in [-0.1, -0.05) is 44.2 Å². The Morgan fingerprint density at radius 3 is 2.33 bits per heavy atom. The summed E-state index contributed by atoms with van der Waals surface area (Å²) in [5.74, 6) is 0.307. The summed E-state index contributed by atoms with van der Waals surface area (Å²) in [7, 11) is 0. The summed E-state index contributed by atoms with van der Waals surface area (Å²) < 4.78 is 41.1. The molecule has 1 aliphatic heterocycles. The van der Waals surface area contributed by atoms with Crippen molar-refractivity contribution in [3.05, 3.63) is 93.9 Å². The zero-order valence-electron chi connectivity index (χ0n) is 22.6. The molecule has 1 aliphatic rings. The van der Waals surface area contributed by atoms with Gasteiger partial charge in [-0.05, 0) is 54.7 Å². The maximum absolute atomic E-state index is 13.5. The lowest BCUT2D eigenvalue weighted by molar-refractivity contribution is -0.137. The number of nitrogens with zero attached hydrogens (tertiary/aromatic N) is 5. The van der Waals surface area contributed by atoms with Gasteiger partial charge >= 0.3 is 6.18 Å². The summed E-state index contributed by atoms with van der Waals surface area (Å²) >= 11 is 0. The SMILES string of the molecule is Cc1nc2c(C(=O)N3CCN(c4cccc(C(F)(F)F)c4)CC3)cnn2c(C)c1Cc1ccc(C(C)C)cc1. The molecule has 0 radical (unpaired) electrons. The smallest absolute Gasteiger partial charge is 0.368 e. The van der Waals surface area contributed by atoms with Crippen molar-refractivity contribution in [2.24, 2.45) is 0 Å². The summed E-state index contributed by atoms with van der Waals surface area (Å²) in [5.41, 5.74) is 6.16. The minimum atomic E-state index is -4.39. The molecule has 204 valence electrons. The number of hydrogen-bond donors (Lipinski definition) is 0. The molecule has 6 nitrogen and oxygen atoms in total. The van der Waals surface area contributed by atoms with Crippen molar-refractivity contribution in [2.75, 3.05) is 31.1 Å². The van der Waals surface area contributed by atoms with Crippen LogP contribution in [0.4, 0.5) is 18.9 Å². The fourth-order valence-corrected chi connectivity index (χ4v) is 5.16. The Balaban J connectivity index is 1.32. The highest BCUT2D eigenvalue weighted by atomic mass is 19.4. The minimum Gasteiger partial charge on any atom is -0.368 e. The quantitative estimate of drug-likeness (QED) is 0.313. The lowest BCUT2D eigenvalue weighted by atomic mass is 9.98. The van der Waals surface area contributed by atoms with E-state index in [0.717, 1.165) is 35.5 Å². The van der Waals surface area contributed by atoms with Crippen molar-refractivity contribution >= 4 is 17.2 Å². The van der Waals surface area contributed by atoms with E-state index in [1.165, 1.54) is 17.2 Å². The van der Waals surface area contributed by atoms with Crippen LogP contribution in [0.2, 0.25) is 0 Å². The molecule has 0 bridgehead atoms. The van der Waals surface area contributed by atoms with Gasteiger partial charge in [-0.2, -0.15) is 18.3 Å². The molecular weight excluding hydrogens is 503 g/mol. The maximum Gasteiger partial charge on any atom is 0.416 e. The normalized spacial score (nSPS) is 14.5. The average Bonchev–Trinajstić information content (AvgIpc) is 3.34. The van der Waals surface area contributed by atoms with Crippen molar-refractivity contribution in [2.45, 2.75) is 46.2 Å². The van der Waals surface area contributed by atoms with Gasteiger partial charge in [-0.25, -0.2) is 9.50 Å². The van der Waals surface area contributed by atoms with Crippen molar-refractivity contribution in [3.63, 3.8) is 0 Å². The van der Waals surface area contributed by atoms with Gasteiger partial charge in [-0.15, -0.1) is 0 Å². The van der Waals surface area contributed by atoms with E-state index in [2.05, 4.69) is 43.2 Å². The topological polar surface area (TPSA) is 53.7 Å². The number of carbonyl (C=O) groups excluding carboxylic acids is 1. The van der Waals surface area contributed by atoms with Crippen molar-refractivity contribution in [1.82, 2.24) is 19.5 Å². The van der Waals surface area contributed by atoms with Crippen molar-refractivity contribution in [1.29, 1.82) is 0 Å². The van der Waals surface area contributed by atoms with Crippen LogP contribution in [0.25, 0.3) is 5.65 Å². The van der Waals surface area contributed by atoms with Crippen LogP contribution >= 0.6 is 0 Å². The molecule has 1 saturated heterocycles. The number of halogens is 3. The highest BCUT2D eigenvalue weighted by molar-refractivity contribution is 5.99. The second kappa shape index (κ2) is 10.4. The molecule has 0 spiro atoms. The van der Waals surface area contributed by atoms with Crippen LogP contribution in [0, 0.1) is 13.8 Å². The van der Waals surface area contributed by atoms with Crippen LogP contribution in [0.5, 0.6) is 0 Å². The van der Waals surface area contributed by atoms with Crippen molar-refractivity contribution < 1.29 is 18.0 Å². The third-order valence-electron chi connectivity index (χ3n) is 7.57. The van der Waals surface area contributed by atoms with Crippen LogP contribution in [-0.2, 0) is 12.6 Å². The number of aromatic nitrogens is 3. The van der Waals surface area contributed by atoms with Gasteiger partial charge < -0.3 is 9.80 Å². The molecule has 2 aromatic carbocycles. The Morgan fingerprint density at radius 2 is 1.69 bits per heavy atom. The highest BCUT2D eigenvalue weighted by Crippen LogP contribution is 2.32. The molecule has 1 amide bonds. The maximum atomic E-state index is 13.5. The molecule has 0 N–H and O–H groups in total. The molecule has 0 aliphatic carbocycles. The highest BCUT2D eigenvalue weighted by Gasteiger charge is 2.32. The van der Waals surface area contributed by atoms with Gasteiger partial charge in [0.2, 0.25) is 0 Å². The van der Waals surface area contributed by atoms with E-state index in [-0.39, 0.29) is 5.91 Å². The number of hydrogen-bond acceptors (Lipinski definition) is 4. The van der Waals surface area contributed by atoms with Gasteiger partial charge in [0, 0.05) is 49.7 Å². The average molecular weight is 536 g/mol. The van der Waals surface area contributed by atoms with Gasteiger partial charge in [-0.3, -0.25) is 4.79 Å². The molecule has 39 heavy (non-hydrogen) atoms. The monoisotopic (exact) mass is 535 g/mol. The second-order valence-electron chi connectivity index (χ2n) is 10.5. The van der Waals surface area contributed by atoms with Crippen LogP contribution in [0.1, 0.15) is 63.8 Å². The summed E-state index contributed by atoms with van der Waals surface area (Å²) in [6, 6.07) is 13.9. The van der Waals surface area contributed by atoms with E-state index < -0.39 is 11.7 Å². The first-order valence-corrected chi connectivity index (χ1v) is 13.2. The van der Waals surface area contributed by atoms with Crippen LogP contribution < -0.4 is 4.90 Å². The van der Waals surface area contributed by atoms with E-state index in [1.807, 2.05) is 18.7 Å². The molecule has 9 heteroatoms. The molecule has 1 fully saturated rings. The molecule has 0 saturated carbocycles. The predicted molar refractivity (Wildman–Crippen MR) is 145 cm³/mol. The predicted octanol–water partition coefficient (Wildman–Crippen LogP) is 6.04. The number of anilines is 1. The Kier molecular flexibility index (Phi) is 7.09. The molecule has 3 heterocycles. The Labute approximate surface area is 226 Å². The lowest BCUT2D eigenvalue weighted by Crippen LogP contribution is -2.48. The number of amides is 1. The largest absolute Gasteiger partial charge is 0.416 e. The summed E-state index contributed by atoms with van der Waals surface area (Å²) in [5, 5.41) is 4.50. The first kappa shape index (κ1) is 26.7. The van der Waals surface area contributed by atoms with Crippen molar-refractivity contribution in [3.8, 4) is 0 Å². The van der Waals surface area contributed by atoms with Crippen LogP contribution in [0.3, 0.4) is 0 Å². The van der Waals surface area contributed by atoms with Gasteiger partial charge in [0.25, 0.3) is 5.91 Å². The number of piperazine rings is 1. The zero-order chi connectivity index (χ0) is 27.9. The summed E-state index contributed by atoms with van der Waals surface area (Å²) in [4.78, 5) is 21.8. The van der Waals surface area contributed by atoms with E-state index in [1.54, 1.807) is 21.7 Å². The number of benzene rings is 2. The fourth-order valence-electron chi connectivity index (χ4n) is 5.16. The van der Waals surface area contributed by atoms with E-state index in [0.29, 0.717) is 49.0 Å². The number of fused-ring (bicyclic) bond motifs is 1. The number of carbonyl (C=O) groups is 1. The fraction of sp³-hybridized carbons (Fsp3) is 0.367. The standard InChI is InChI=1S/C30H32F3N5O/c1-19(2)23-10-8-22(9-11-23)16-26-20(3)35-28-27(18-34-38(28)21(26)4)29(39)37-14-12-36(13-15-37)25-7-5-6-24(17-25)30(31,32)33/h5-11,17-19H,12-16H2,1-4H3. The zero-order valence-corrected chi connectivity index (χ0v) is 22.6. The molecule has 4 aromatic rings. The van der Waals surface area contributed by atoms with Gasteiger partial charge in [0.1, 0.15) is 5.56 Å². The van der Waals surface area contributed by atoms with E-state index in [9.17, 15) is 18.0 Å². The van der Waals surface area contributed by atoms with E-state index >= 15 is 0 Å². The van der Waals surface area contributed by atoms with Crippen LogP contribution in [0.15, 0.2) is 54.7 Å². The number of aryl methyl sites for hydroxylation is 2. The second-order valence-corrected chi connectivity index (χ2v) is 10.5. The number of rotatable bonds is 5. The molecule has 2 aromatic heterocycles. The minimum absolute atomic E-state index is 0.169. The first-order chi connectivity index (χ1) is 18.5.